The molecule has 0 aliphatic rings. The summed E-state index contributed by atoms with van der Waals surface area (Å²) in [6, 6.07) is 12.5. The molecule has 2 amide bonds. The molecule has 2 aromatic carbocycles. The van der Waals surface area contributed by atoms with E-state index in [0.717, 1.165) is 6.26 Å². The van der Waals surface area contributed by atoms with Crippen molar-refractivity contribution in [3.63, 3.8) is 0 Å². The van der Waals surface area contributed by atoms with Gasteiger partial charge in [-0.15, -0.1) is 0 Å². The number of amides is 2. The Bertz CT molecular complexity index is 875. The molecule has 25 heavy (non-hydrogen) atoms. The average Bonchev–Trinajstić information content (AvgIpc) is 2.55. The van der Waals surface area contributed by atoms with E-state index in [4.69, 9.17) is 5.73 Å². The van der Waals surface area contributed by atoms with E-state index < -0.39 is 15.9 Å². The molecule has 7 nitrogen and oxygen atoms in total. The number of primary amides is 1. The summed E-state index contributed by atoms with van der Waals surface area (Å²) < 4.78 is 24.7. The Morgan fingerprint density at radius 3 is 1.96 bits per heavy atom. The van der Waals surface area contributed by atoms with Crippen molar-refractivity contribution >= 4 is 33.2 Å². The van der Waals surface area contributed by atoms with Crippen LogP contribution in [-0.2, 0) is 10.0 Å². The van der Waals surface area contributed by atoms with Gasteiger partial charge in [0.25, 0.3) is 5.91 Å². The van der Waals surface area contributed by atoms with Crippen molar-refractivity contribution in [1.29, 1.82) is 0 Å². The third-order valence-corrected chi connectivity index (χ3v) is 4.80. The topological polar surface area (TPSA) is 110 Å². The molecule has 0 aliphatic carbocycles. The summed E-state index contributed by atoms with van der Waals surface area (Å²) in [6.45, 7) is 2.04. The Hall–Kier alpha value is -2.87. The molecule has 0 saturated carbocycles. The molecule has 0 fully saturated rings. The number of sulfonamides is 1. The number of carbonyl (C=O) groups is 2. The fraction of sp³-hybridized carbons (Fsp3) is 0.176. The zero-order valence-electron chi connectivity index (χ0n) is 13.9. The Labute approximate surface area is 146 Å². The van der Waals surface area contributed by atoms with Crippen molar-refractivity contribution in [2.75, 3.05) is 22.4 Å². The van der Waals surface area contributed by atoms with Gasteiger partial charge in [-0.25, -0.2) is 8.42 Å². The molecule has 2 aromatic rings. The van der Waals surface area contributed by atoms with Crippen LogP contribution in [0.1, 0.15) is 27.6 Å². The molecule has 0 heterocycles. The molecule has 0 radical (unpaired) electrons. The summed E-state index contributed by atoms with van der Waals surface area (Å²) in [5.41, 5.74) is 6.91. The highest BCUT2D eigenvalue weighted by molar-refractivity contribution is 7.92. The van der Waals surface area contributed by atoms with Crippen molar-refractivity contribution in [1.82, 2.24) is 0 Å². The van der Waals surface area contributed by atoms with Gasteiger partial charge in [0.05, 0.1) is 11.9 Å². The number of hydrogen-bond acceptors (Lipinski definition) is 4. The minimum Gasteiger partial charge on any atom is -0.366 e. The number of anilines is 2. The first-order valence-electron chi connectivity index (χ1n) is 7.51. The standard InChI is InChI=1S/C17H19N3O4S/c1-3-20(25(2,23)24)15-10-6-13(7-11-15)17(22)19-14-8-4-12(5-9-14)16(18)21/h4-11H,3H2,1-2H3,(H2,18,21)(H,19,22). The van der Waals surface area contributed by atoms with Crippen LogP contribution < -0.4 is 15.4 Å². The highest BCUT2D eigenvalue weighted by Crippen LogP contribution is 2.19. The van der Waals surface area contributed by atoms with Crippen LogP contribution in [0.4, 0.5) is 11.4 Å². The van der Waals surface area contributed by atoms with Crippen molar-refractivity contribution in [3.05, 3.63) is 59.7 Å². The van der Waals surface area contributed by atoms with Gasteiger partial charge in [0.2, 0.25) is 15.9 Å². The zero-order chi connectivity index (χ0) is 18.6. The van der Waals surface area contributed by atoms with Crippen LogP contribution in [0.2, 0.25) is 0 Å². The van der Waals surface area contributed by atoms with E-state index in [-0.39, 0.29) is 5.91 Å². The molecule has 0 unspecified atom stereocenters. The minimum atomic E-state index is -3.37. The Morgan fingerprint density at radius 1 is 1.00 bits per heavy atom. The first kappa shape index (κ1) is 18.5. The van der Waals surface area contributed by atoms with E-state index >= 15 is 0 Å². The summed E-state index contributed by atoms with van der Waals surface area (Å²) in [5.74, 6) is -0.888. The lowest BCUT2D eigenvalue weighted by atomic mass is 10.1. The maximum atomic E-state index is 12.2. The third kappa shape index (κ3) is 4.57. The van der Waals surface area contributed by atoms with Gasteiger partial charge in [0.1, 0.15) is 0 Å². The van der Waals surface area contributed by atoms with Crippen molar-refractivity contribution < 1.29 is 18.0 Å². The lowest BCUT2D eigenvalue weighted by Crippen LogP contribution is -2.29. The average molecular weight is 361 g/mol. The maximum Gasteiger partial charge on any atom is 0.255 e. The van der Waals surface area contributed by atoms with Crippen molar-refractivity contribution in [2.24, 2.45) is 5.73 Å². The number of hydrogen-bond donors (Lipinski definition) is 2. The second-order valence-electron chi connectivity index (χ2n) is 5.37. The first-order chi connectivity index (χ1) is 11.7. The van der Waals surface area contributed by atoms with Crippen LogP contribution in [0.25, 0.3) is 0 Å². The number of nitrogens with one attached hydrogen (secondary N) is 1. The number of nitrogens with zero attached hydrogens (tertiary/aromatic N) is 1. The molecule has 0 bridgehead atoms. The van der Waals surface area contributed by atoms with Gasteiger partial charge >= 0.3 is 0 Å². The van der Waals surface area contributed by atoms with E-state index in [1.807, 2.05) is 0 Å². The molecule has 0 saturated heterocycles. The molecule has 0 atom stereocenters. The van der Waals surface area contributed by atoms with Gasteiger partial charge < -0.3 is 11.1 Å². The van der Waals surface area contributed by atoms with Gasteiger partial charge in [-0.2, -0.15) is 0 Å². The van der Waals surface area contributed by atoms with E-state index in [1.165, 1.54) is 16.4 Å². The lowest BCUT2D eigenvalue weighted by Gasteiger charge is -2.20. The second-order valence-corrected chi connectivity index (χ2v) is 7.28. The van der Waals surface area contributed by atoms with E-state index in [2.05, 4.69) is 5.32 Å². The Morgan fingerprint density at radius 2 is 1.52 bits per heavy atom. The molecule has 3 N–H and O–H groups in total. The summed E-state index contributed by atoms with van der Waals surface area (Å²) >= 11 is 0. The zero-order valence-corrected chi connectivity index (χ0v) is 14.7. The highest BCUT2D eigenvalue weighted by atomic mass is 32.2. The molecule has 0 aliphatic heterocycles. The maximum absolute atomic E-state index is 12.2. The lowest BCUT2D eigenvalue weighted by molar-refractivity contribution is 0.0998. The number of benzene rings is 2. The largest absolute Gasteiger partial charge is 0.366 e. The van der Waals surface area contributed by atoms with Crippen LogP contribution in [0.15, 0.2) is 48.5 Å². The molecule has 132 valence electrons. The van der Waals surface area contributed by atoms with Gasteiger partial charge in [-0.3, -0.25) is 13.9 Å². The summed E-state index contributed by atoms with van der Waals surface area (Å²) in [5, 5.41) is 2.69. The van der Waals surface area contributed by atoms with Crippen LogP contribution in [-0.4, -0.2) is 33.0 Å². The van der Waals surface area contributed by atoms with Gasteiger partial charge in [0, 0.05) is 23.4 Å². The number of nitrogens with two attached hydrogens (primary N) is 1. The van der Waals surface area contributed by atoms with E-state index in [9.17, 15) is 18.0 Å². The van der Waals surface area contributed by atoms with Crippen molar-refractivity contribution in [2.45, 2.75) is 6.92 Å². The van der Waals surface area contributed by atoms with E-state index in [0.29, 0.717) is 29.0 Å². The minimum absolute atomic E-state index is 0.302. The van der Waals surface area contributed by atoms with Crippen LogP contribution in [0, 0.1) is 0 Å². The molecular formula is C17H19N3O4S. The second kappa shape index (κ2) is 7.35. The van der Waals surface area contributed by atoms with Gasteiger partial charge in [-0.05, 0) is 55.5 Å². The monoisotopic (exact) mass is 361 g/mol. The first-order valence-corrected chi connectivity index (χ1v) is 9.36. The molecule has 0 aromatic heterocycles. The normalized spacial score (nSPS) is 11.0. The fourth-order valence-corrected chi connectivity index (χ4v) is 3.28. The van der Waals surface area contributed by atoms with Gasteiger partial charge in [-0.1, -0.05) is 0 Å². The number of carbonyl (C=O) groups excluding carboxylic acids is 2. The summed E-state index contributed by atoms with van der Waals surface area (Å²) in [4.78, 5) is 23.3. The molecule has 2 rings (SSSR count). The SMILES string of the molecule is CCN(c1ccc(C(=O)Nc2ccc(C(N)=O)cc2)cc1)S(C)(=O)=O. The van der Waals surface area contributed by atoms with Gasteiger partial charge in [0.15, 0.2) is 0 Å². The van der Waals surface area contributed by atoms with Crippen LogP contribution in [0.3, 0.4) is 0 Å². The third-order valence-electron chi connectivity index (χ3n) is 3.53. The Kier molecular flexibility index (Phi) is 5.43. The summed E-state index contributed by atoms with van der Waals surface area (Å²) in [6.07, 6.45) is 1.13. The van der Waals surface area contributed by atoms with Crippen LogP contribution in [0.5, 0.6) is 0 Å². The summed E-state index contributed by atoms with van der Waals surface area (Å²) in [7, 11) is -3.37. The highest BCUT2D eigenvalue weighted by Gasteiger charge is 2.15. The predicted octanol–water partition coefficient (Wildman–Crippen LogP) is 1.82. The molecule has 0 spiro atoms. The molecule has 8 heteroatoms. The molecular weight excluding hydrogens is 342 g/mol. The smallest absolute Gasteiger partial charge is 0.255 e. The predicted molar refractivity (Wildman–Crippen MR) is 97.2 cm³/mol. The van der Waals surface area contributed by atoms with Crippen molar-refractivity contribution in [3.8, 4) is 0 Å². The van der Waals surface area contributed by atoms with E-state index in [1.54, 1.807) is 43.3 Å². The number of rotatable bonds is 6. The fourth-order valence-electron chi connectivity index (χ4n) is 2.31. The quantitative estimate of drug-likeness (QED) is 0.818. The van der Waals surface area contributed by atoms with Crippen LogP contribution >= 0.6 is 0 Å². The Balaban J connectivity index is 2.13.